The Labute approximate surface area is 113 Å². The van der Waals surface area contributed by atoms with E-state index in [2.05, 4.69) is 16.9 Å². The molecule has 0 fully saturated rings. The first kappa shape index (κ1) is 15.0. The number of amides is 1. The van der Waals surface area contributed by atoms with E-state index in [1.165, 1.54) is 0 Å². The predicted octanol–water partition coefficient (Wildman–Crippen LogP) is 3.17. The van der Waals surface area contributed by atoms with Gasteiger partial charge in [-0.2, -0.15) is 0 Å². The van der Waals surface area contributed by atoms with Gasteiger partial charge in [-0.25, -0.2) is 4.79 Å². The van der Waals surface area contributed by atoms with Crippen LogP contribution in [0.4, 0.5) is 10.5 Å². The highest BCUT2D eigenvalue weighted by Crippen LogP contribution is 2.26. The van der Waals surface area contributed by atoms with Gasteiger partial charge < -0.3 is 9.47 Å². The van der Waals surface area contributed by atoms with Gasteiger partial charge in [-0.15, -0.1) is 6.58 Å². The van der Waals surface area contributed by atoms with Crippen molar-refractivity contribution in [2.45, 2.75) is 32.8 Å². The van der Waals surface area contributed by atoms with Gasteiger partial charge in [-0.05, 0) is 27.2 Å². The molecule has 1 heterocycles. The van der Waals surface area contributed by atoms with E-state index in [1.54, 1.807) is 46.4 Å². The van der Waals surface area contributed by atoms with Crippen LogP contribution in [-0.2, 0) is 11.2 Å². The molecule has 0 aliphatic carbocycles. The molecular weight excluding hydrogens is 244 g/mol. The number of nitrogens with one attached hydrogen (secondary N) is 1. The first-order chi connectivity index (χ1) is 8.87. The van der Waals surface area contributed by atoms with E-state index in [9.17, 15) is 4.79 Å². The van der Waals surface area contributed by atoms with Crippen LogP contribution in [0.2, 0.25) is 0 Å². The van der Waals surface area contributed by atoms with Gasteiger partial charge in [0.2, 0.25) is 0 Å². The fraction of sp³-hybridized carbons (Fsp3) is 0.429. The van der Waals surface area contributed by atoms with E-state index in [1.807, 2.05) is 0 Å². The van der Waals surface area contributed by atoms with Gasteiger partial charge in [0.05, 0.1) is 25.2 Å². The summed E-state index contributed by atoms with van der Waals surface area (Å²) in [4.78, 5) is 15.8. The molecule has 0 bridgehead atoms. The van der Waals surface area contributed by atoms with Crippen molar-refractivity contribution < 1.29 is 14.3 Å². The summed E-state index contributed by atoms with van der Waals surface area (Å²) in [7, 11) is 1.56. The number of aromatic nitrogens is 1. The van der Waals surface area contributed by atoms with Crippen LogP contribution in [0.3, 0.4) is 0 Å². The Kier molecular flexibility index (Phi) is 4.92. The molecule has 5 heteroatoms. The number of carbonyl (C=O) groups is 1. The van der Waals surface area contributed by atoms with Crippen LogP contribution >= 0.6 is 0 Å². The number of rotatable bonds is 4. The zero-order valence-corrected chi connectivity index (χ0v) is 11.8. The van der Waals surface area contributed by atoms with Crippen molar-refractivity contribution in [3.8, 4) is 5.75 Å². The average molecular weight is 264 g/mol. The van der Waals surface area contributed by atoms with Gasteiger partial charge >= 0.3 is 6.09 Å². The van der Waals surface area contributed by atoms with E-state index < -0.39 is 11.7 Å². The topological polar surface area (TPSA) is 60.5 Å². The number of anilines is 1. The number of hydrogen-bond donors (Lipinski definition) is 1. The quantitative estimate of drug-likeness (QED) is 0.848. The molecule has 0 spiro atoms. The fourth-order valence-electron chi connectivity index (χ4n) is 1.52. The second kappa shape index (κ2) is 6.22. The summed E-state index contributed by atoms with van der Waals surface area (Å²) in [6.45, 7) is 9.11. The van der Waals surface area contributed by atoms with Gasteiger partial charge in [0.1, 0.15) is 11.4 Å². The van der Waals surface area contributed by atoms with E-state index in [0.29, 0.717) is 17.9 Å². The molecule has 0 aliphatic heterocycles. The molecule has 1 aromatic rings. The number of allylic oxidation sites excluding steroid dienone is 1. The maximum atomic E-state index is 11.8. The number of ether oxygens (including phenoxy) is 2. The third kappa shape index (κ3) is 4.62. The molecule has 0 radical (unpaired) electrons. The Morgan fingerprint density at radius 2 is 2.16 bits per heavy atom. The van der Waals surface area contributed by atoms with E-state index in [4.69, 9.17) is 9.47 Å². The third-order valence-electron chi connectivity index (χ3n) is 2.22. The Hall–Kier alpha value is -2.04. The zero-order valence-electron chi connectivity index (χ0n) is 11.8. The Balaban J connectivity index is 2.94. The van der Waals surface area contributed by atoms with Crippen molar-refractivity contribution >= 4 is 11.8 Å². The molecule has 0 unspecified atom stereocenters. The highest BCUT2D eigenvalue weighted by Gasteiger charge is 2.18. The van der Waals surface area contributed by atoms with Gasteiger partial charge in [0.25, 0.3) is 0 Å². The number of methoxy groups -OCH3 is 1. The molecule has 5 nitrogen and oxygen atoms in total. The smallest absolute Gasteiger partial charge is 0.412 e. The van der Waals surface area contributed by atoms with Crippen molar-refractivity contribution in [2.75, 3.05) is 12.4 Å². The molecule has 0 aliphatic rings. The van der Waals surface area contributed by atoms with Crippen molar-refractivity contribution in [1.82, 2.24) is 4.98 Å². The van der Waals surface area contributed by atoms with Crippen LogP contribution in [0.25, 0.3) is 0 Å². The van der Waals surface area contributed by atoms with Crippen LogP contribution in [-0.4, -0.2) is 23.8 Å². The largest absolute Gasteiger partial charge is 0.495 e. The molecule has 0 aromatic carbocycles. The standard InChI is InChI=1S/C14H20N2O3/c1-6-7-10-11(8-15-9-12(10)18-5)16-13(17)19-14(2,3)4/h6,8-9H,1,7H2,2-5H3,(H,16,17). The number of pyridine rings is 1. The molecule has 104 valence electrons. The van der Waals surface area contributed by atoms with Gasteiger partial charge in [-0.1, -0.05) is 6.08 Å². The zero-order chi connectivity index (χ0) is 14.5. The molecular formula is C14H20N2O3. The summed E-state index contributed by atoms with van der Waals surface area (Å²) in [6, 6.07) is 0. The first-order valence-electron chi connectivity index (χ1n) is 5.99. The molecule has 1 amide bonds. The molecule has 0 saturated carbocycles. The second-order valence-corrected chi connectivity index (χ2v) is 4.99. The van der Waals surface area contributed by atoms with Gasteiger partial charge in [0, 0.05) is 5.56 Å². The minimum atomic E-state index is -0.547. The summed E-state index contributed by atoms with van der Waals surface area (Å²) in [5, 5.41) is 2.68. The lowest BCUT2D eigenvalue weighted by Crippen LogP contribution is -2.27. The summed E-state index contributed by atoms with van der Waals surface area (Å²) >= 11 is 0. The predicted molar refractivity (Wildman–Crippen MR) is 74.5 cm³/mol. The maximum Gasteiger partial charge on any atom is 0.412 e. The average Bonchev–Trinajstić information content (AvgIpc) is 2.29. The van der Waals surface area contributed by atoms with Crippen LogP contribution in [0.1, 0.15) is 26.3 Å². The van der Waals surface area contributed by atoms with E-state index in [-0.39, 0.29) is 0 Å². The number of carbonyl (C=O) groups excluding carboxylic acids is 1. The molecule has 1 N–H and O–H groups in total. The summed E-state index contributed by atoms with van der Waals surface area (Å²) in [5.41, 5.74) is 0.835. The normalized spacial score (nSPS) is 10.7. The molecule has 1 rings (SSSR count). The molecule has 0 atom stereocenters. The number of hydrogen-bond acceptors (Lipinski definition) is 4. The third-order valence-corrected chi connectivity index (χ3v) is 2.22. The molecule has 19 heavy (non-hydrogen) atoms. The van der Waals surface area contributed by atoms with Crippen LogP contribution in [0.5, 0.6) is 5.75 Å². The molecule has 0 saturated heterocycles. The van der Waals surface area contributed by atoms with Crippen LogP contribution in [0, 0.1) is 0 Å². The highest BCUT2D eigenvalue weighted by molar-refractivity contribution is 5.86. The van der Waals surface area contributed by atoms with Crippen molar-refractivity contribution in [1.29, 1.82) is 0 Å². The van der Waals surface area contributed by atoms with Crippen molar-refractivity contribution in [3.63, 3.8) is 0 Å². The summed E-state index contributed by atoms with van der Waals surface area (Å²) < 4.78 is 10.4. The highest BCUT2D eigenvalue weighted by atomic mass is 16.6. The molecule has 1 aromatic heterocycles. The fourth-order valence-corrected chi connectivity index (χ4v) is 1.52. The summed E-state index contributed by atoms with van der Waals surface area (Å²) in [5.74, 6) is 0.605. The first-order valence-corrected chi connectivity index (χ1v) is 5.99. The van der Waals surface area contributed by atoms with Gasteiger partial charge in [-0.3, -0.25) is 10.3 Å². The monoisotopic (exact) mass is 264 g/mol. The Bertz CT molecular complexity index is 464. The van der Waals surface area contributed by atoms with Crippen LogP contribution < -0.4 is 10.1 Å². The lowest BCUT2D eigenvalue weighted by molar-refractivity contribution is 0.0635. The minimum absolute atomic E-state index is 0.520. The number of nitrogens with zero attached hydrogens (tertiary/aromatic N) is 1. The van der Waals surface area contributed by atoms with E-state index in [0.717, 1.165) is 5.56 Å². The van der Waals surface area contributed by atoms with E-state index >= 15 is 0 Å². The van der Waals surface area contributed by atoms with Crippen molar-refractivity contribution in [2.24, 2.45) is 0 Å². The van der Waals surface area contributed by atoms with Crippen molar-refractivity contribution in [3.05, 3.63) is 30.6 Å². The Morgan fingerprint density at radius 1 is 1.47 bits per heavy atom. The lowest BCUT2D eigenvalue weighted by atomic mass is 10.1. The summed E-state index contributed by atoms with van der Waals surface area (Å²) in [6.07, 6.45) is 4.94. The minimum Gasteiger partial charge on any atom is -0.495 e. The SMILES string of the molecule is C=CCc1c(NC(=O)OC(C)(C)C)cncc1OC. The maximum absolute atomic E-state index is 11.8. The second-order valence-electron chi connectivity index (χ2n) is 4.99. The van der Waals surface area contributed by atoms with Crippen LogP contribution in [0.15, 0.2) is 25.0 Å². The Morgan fingerprint density at radius 3 is 2.68 bits per heavy atom. The van der Waals surface area contributed by atoms with Gasteiger partial charge in [0.15, 0.2) is 0 Å². The lowest BCUT2D eigenvalue weighted by Gasteiger charge is -2.20.